The number of nitro groups is 1. The summed E-state index contributed by atoms with van der Waals surface area (Å²) in [5.41, 5.74) is 0.856. The van der Waals surface area contributed by atoms with Crippen molar-refractivity contribution in [3.8, 4) is 0 Å². The predicted molar refractivity (Wildman–Crippen MR) is 113 cm³/mol. The largest absolute Gasteiger partial charge is 0.502 e. The summed E-state index contributed by atoms with van der Waals surface area (Å²) < 4.78 is 15.6. The van der Waals surface area contributed by atoms with Crippen molar-refractivity contribution in [1.82, 2.24) is 0 Å². The molecular formula is C21H17FN3O3S+. The number of nitrogens with one attached hydrogen (secondary N) is 1. The second-order valence-electron chi connectivity index (χ2n) is 6.17. The molecule has 8 heteroatoms. The zero-order valence-corrected chi connectivity index (χ0v) is 16.2. The molecule has 3 aromatic rings. The van der Waals surface area contributed by atoms with Crippen LogP contribution in [-0.4, -0.2) is 15.0 Å². The Morgan fingerprint density at radius 3 is 2.48 bits per heavy atom. The van der Waals surface area contributed by atoms with E-state index in [0.717, 1.165) is 0 Å². The number of aliphatic hydroxyl groups excluding tert-OH is 1. The summed E-state index contributed by atoms with van der Waals surface area (Å²) in [5, 5.41) is 25.0. The van der Waals surface area contributed by atoms with Crippen molar-refractivity contribution >= 4 is 40.0 Å². The first kappa shape index (κ1) is 20.1. The van der Waals surface area contributed by atoms with Crippen molar-refractivity contribution in [2.75, 3.05) is 5.32 Å². The number of hydrogen-bond acceptors (Lipinski definition) is 4. The van der Waals surface area contributed by atoms with E-state index in [-0.39, 0.29) is 33.4 Å². The lowest BCUT2D eigenvalue weighted by molar-refractivity contribution is -0.575. The van der Waals surface area contributed by atoms with Crippen molar-refractivity contribution in [3.63, 3.8) is 0 Å². The molecule has 0 fully saturated rings. The quantitative estimate of drug-likeness (QED) is 0.160. The van der Waals surface area contributed by atoms with Crippen molar-refractivity contribution in [2.45, 2.75) is 6.92 Å². The molecule has 29 heavy (non-hydrogen) atoms. The topological polar surface area (TPSA) is 79.3 Å². The minimum Gasteiger partial charge on any atom is -0.502 e. The molecule has 0 aliphatic carbocycles. The molecule has 0 spiro atoms. The second-order valence-corrected chi connectivity index (χ2v) is 6.58. The van der Waals surface area contributed by atoms with Crippen LogP contribution in [0.2, 0.25) is 0 Å². The molecular weight excluding hydrogens is 393 g/mol. The van der Waals surface area contributed by atoms with Gasteiger partial charge in [0.05, 0.1) is 10.6 Å². The number of aromatic nitrogens is 1. The number of rotatable bonds is 5. The number of para-hydroxylation sites is 1. The molecule has 0 radical (unpaired) electrons. The number of benzene rings is 2. The van der Waals surface area contributed by atoms with E-state index in [1.807, 2.05) is 0 Å². The van der Waals surface area contributed by atoms with E-state index in [9.17, 15) is 19.6 Å². The van der Waals surface area contributed by atoms with E-state index in [4.69, 9.17) is 12.2 Å². The smallest absolute Gasteiger partial charge is 0.288 e. The fraction of sp³-hybridized carbons (Fsp3) is 0.0476. The number of hydrogen-bond donors (Lipinski definition) is 2. The molecule has 2 aromatic carbocycles. The van der Waals surface area contributed by atoms with Crippen LogP contribution in [0.4, 0.5) is 15.8 Å². The first-order valence-corrected chi connectivity index (χ1v) is 9.00. The fourth-order valence-corrected chi connectivity index (χ4v) is 3.04. The predicted octanol–water partition coefficient (Wildman–Crippen LogP) is 4.65. The van der Waals surface area contributed by atoms with Gasteiger partial charge in [-0.3, -0.25) is 10.1 Å². The van der Waals surface area contributed by atoms with Gasteiger partial charge < -0.3 is 10.4 Å². The van der Waals surface area contributed by atoms with Gasteiger partial charge >= 0.3 is 0 Å². The highest BCUT2D eigenvalue weighted by Crippen LogP contribution is 2.25. The maximum atomic E-state index is 14.0. The Labute approximate surface area is 171 Å². The van der Waals surface area contributed by atoms with E-state index in [1.54, 1.807) is 66.3 Å². The third kappa shape index (κ3) is 4.44. The van der Waals surface area contributed by atoms with Crippen molar-refractivity contribution in [1.29, 1.82) is 0 Å². The van der Waals surface area contributed by atoms with Gasteiger partial charge in [-0.2, -0.15) is 4.57 Å². The van der Waals surface area contributed by atoms with Gasteiger partial charge in [0.25, 0.3) is 11.4 Å². The molecule has 0 aliphatic rings. The average molecular weight is 410 g/mol. The van der Waals surface area contributed by atoms with E-state index < -0.39 is 10.7 Å². The van der Waals surface area contributed by atoms with Crippen molar-refractivity contribution < 1.29 is 19.0 Å². The third-order valence-electron chi connectivity index (χ3n) is 4.21. The SMILES string of the molecule is Cc1ccc(/C(O)=C(\C(=S)Nc2ccccc2F)[n+]2ccccc2)cc1[N+](=O)[O-]. The summed E-state index contributed by atoms with van der Waals surface area (Å²) in [5.74, 6) is -0.782. The molecule has 3 rings (SSSR count). The molecule has 6 nitrogen and oxygen atoms in total. The fourth-order valence-electron chi connectivity index (χ4n) is 2.73. The van der Waals surface area contributed by atoms with E-state index in [1.165, 1.54) is 18.2 Å². The zero-order valence-electron chi connectivity index (χ0n) is 15.4. The number of nitro benzene ring substituents is 1. The first-order chi connectivity index (χ1) is 13.9. The summed E-state index contributed by atoms with van der Waals surface area (Å²) in [6.07, 6.45) is 3.31. The minimum atomic E-state index is -0.517. The van der Waals surface area contributed by atoms with Crippen LogP contribution in [0.15, 0.2) is 73.1 Å². The Morgan fingerprint density at radius 1 is 1.14 bits per heavy atom. The van der Waals surface area contributed by atoms with E-state index in [2.05, 4.69) is 5.32 Å². The van der Waals surface area contributed by atoms with Crippen LogP contribution in [0.5, 0.6) is 0 Å². The highest BCUT2D eigenvalue weighted by atomic mass is 32.1. The maximum Gasteiger partial charge on any atom is 0.288 e. The Balaban J connectivity index is 2.13. The number of aryl methyl sites for hydroxylation is 1. The molecule has 0 saturated heterocycles. The van der Waals surface area contributed by atoms with Gasteiger partial charge in [-0.15, -0.1) is 0 Å². The van der Waals surface area contributed by atoms with E-state index >= 15 is 0 Å². The van der Waals surface area contributed by atoms with Gasteiger partial charge in [0.2, 0.25) is 0 Å². The zero-order chi connectivity index (χ0) is 21.0. The van der Waals surface area contributed by atoms with Gasteiger partial charge in [0, 0.05) is 29.3 Å². The lowest BCUT2D eigenvalue weighted by Crippen LogP contribution is -2.38. The number of nitrogens with zero attached hydrogens (tertiary/aromatic N) is 2. The molecule has 0 amide bonds. The van der Waals surface area contributed by atoms with Crippen LogP contribution in [0.1, 0.15) is 11.1 Å². The molecule has 0 bridgehead atoms. The van der Waals surface area contributed by atoms with Crippen LogP contribution in [0, 0.1) is 22.9 Å². The standard InChI is InChI=1S/C21H16FN3O3S/c1-14-9-10-15(13-18(14)25(27)28)20(26)19(24-11-5-2-6-12-24)21(29)23-17-8-4-3-7-16(17)22/h2-13H,1H3,(H-,23,26,29)/p+1. The van der Waals surface area contributed by atoms with Gasteiger partial charge in [-0.25, -0.2) is 4.39 Å². The van der Waals surface area contributed by atoms with Gasteiger partial charge in [-0.1, -0.05) is 42.5 Å². The molecule has 0 unspecified atom stereocenters. The van der Waals surface area contributed by atoms with Crippen molar-refractivity contribution in [3.05, 3.63) is 100 Å². The summed E-state index contributed by atoms with van der Waals surface area (Å²) in [6, 6.07) is 15.6. The number of halogens is 1. The van der Waals surface area contributed by atoms with Crippen LogP contribution < -0.4 is 9.88 Å². The van der Waals surface area contributed by atoms with Crippen LogP contribution >= 0.6 is 12.2 Å². The molecule has 0 atom stereocenters. The maximum absolute atomic E-state index is 14.0. The van der Waals surface area contributed by atoms with Gasteiger partial charge in [0.1, 0.15) is 5.82 Å². The molecule has 0 saturated carbocycles. The first-order valence-electron chi connectivity index (χ1n) is 8.59. The monoisotopic (exact) mass is 410 g/mol. The lowest BCUT2D eigenvalue weighted by atomic mass is 10.1. The van der Waals surface area contributed by atoms with Crippen LogP contribution in [0.3, 0.4) is 0 Å². The highest BCUT2D eigenvalue weighted by molar-refractivity contribution is 7.81. The Kier molecular flexibility index (Phi) is 5.94. The Morgan fingerprint density at radius 2 is 1.83 bits per heavy atom. The number of aliphatic hydroxyl groups is 1. The van der Waals surface area contributed by atoms with Crippen molar-refractivity contribution in [2.24, 2.45) is 0 Å². The molecule has 0 aliphatic heterocycles. The summed E-state index contributed by atoms with van der Waals surface area (Å²) >= 11 is 5.44. The van der Waals surface area contributed by atoms with Crippen LogP contribution in [0.25, 0.3) is 11.5 Å². The lowest BCUT2D eigenvalue weighted by Gasteiger charge is -2.11. The summed E-state index contributed by atoms with van der Waals surface area (Å²) in [7, 11) is 0. The van der Waals surface area contributed by atoms with Gasteiger partial charge in [-0.05, 0) is 19.1 Å². The average Bonchev–Trinajstić information content (AvgIpc) is 2.71. The number of thiocarbonyl (C=S) groups is 1. The highest BCUT2D eigenvalue weighted by Gasteiger charge is 2.25. The molecule has 146 valence electrons. The van der Waals surface area contributed by atoms with E-state index in [0.29, 0.717) is 5.56 Å². The molecule has 1 aromatic heterocycles. The third-order valence-corrected chi connectivity index (χ3v) is 4.51. The number of pyridine rings is 1. The number of anilines is 1. The molecule has 2 N–H and O–H groups in total. The van der Waals surface area contributed by atoms with Crippen LogP contribution in [-0.2, 0) is 0 Å². The summed E-state index contributed by atoms with van der Waals surface area (Å²) in [6.45, 7) is 1.61. The second kappa shape index (κ2) is 8.57. The van der Waals surface area contributed by atoms with Gasteiger partial charge in [0.15, 0.2) is 23.1 Å². The normalized spacial score (nSPS) is 11.5. The molecule has 1 heterocycles. The Bertz CT molecular complexity index is 1120. The summed E-state index contributed by atoms with van der Waals surface area (Å²) in [4.78, 5) is 10.8. The minimum absolute atomic E-state index is 0.0482. The Hall–Kier alpha value is -3.65.